The first kappa shape index (κ1) is 17.0. The van der Waals surface area contributed by atoms with Crippen LogP contribution < -0.4 is 11.1 Å². The van der Waals surface area contributed by atoms with Crippen molar-refractivity contribution in [2.75, 3.05) is 18.9 Å². The highest BCUT2D eigenvalue weighted by atomic mass is 16.5. The molecule has 21 heavy (non-hydrogen) atoms. The van der Waals surface area contributed by atoms with Gasteiger partial charge in [0.1, 0.15) is 0 Å². The molecule has 0 aliphatic heterocycles. The van der Waals surface area contributed by atoms with E-state index in [1.54, 1.807) is 18.2 Å². The summed E-state index contributed by atoms with van der Waals surface area (Å²) >= 11 is 0. The molecule has 116 valence electrons. The predicted octanol–water partition coefficient (Wildman–Crippen LogP) is 2.43. The Bertz CT molecular complexity index is 486. The first-order valence-electron chi connectivity index (χ1n) is 7.34. The van der Waals surface area contributed by atoms with Crippen molar-refractivity contribution in [3.8, 4) is 0 Å². The lowest BCUT2D eigenvalue weighted by atomic mass is 10.1. The molecule has 0 atom stereocenters. The van der Waals surface area contributed by atoms with E-state index in [1.807, 2.05) is 6.92 Å². The molecule has 0 unspecified atom stereocenters. The van der Waals surface area contributed by atoms with Crippen molar-refractivity contribution in [2.24, 2.45) is 0 Å². The van der Waals surface area contributed by atoms with E-state index >= 15 is 0 Å². The highest BCUT2D eigenvalue weighted by Crippen LogP contribution is 2.13. The maximum absolute atomic E-state index is 11.8. The Morgan fingerprint density at radius 3 is 2.67 bits per heavy atom. The zero-order chi connectivity index (χ0) is 15.7. The number of nitrogens with two attached hydrogens (primary N) is 1. The third kappa shape index (κ3) is 6.29. The van der Waals surface area contributed by atoms with Crippen LogP contribution in [0.2, 0.25) is 0 Å². The van der Waals surface area contributed by atoms with Crippen molar-refractivity contribution in [1.29, 1.82) is 0 Å². The Kier molecular flexibility index (Phi) is 7.29. The highest BCUT2D eigenvalue weighted by Gasteiger charge is 2.10. The Morgan fingerprint density at radius 2 is 2.00 bits per heavy atom. The molecular formula is C16H24N2O3. The fourth-order valence-corrected chi connectivity index (χ4v) is 1.81. The number of benzene rings is 1. The maximum atomic E-state index is 11.8. The number of amides is 1. The van der Waals surface area contributed by atoms with E-state index in [4.69, 9.17) is 10.5 Å². The summed E-state index contributed by atoms with van der Waals surface area (Å²) in [7, 11) is 0. The Balaban J connectivity index is 2.29. The van der Waals surface area contributed by atoms with E-state index in [-0.39, 0.29) is 12.5 Å². The van der Waals surface area contributed by atoms with Crippen LogP contribution >= 0.6 is 0 Å². The number of nitrogens with one attached hydrogen (secondary N) is 1. The number of aryl methyl sites for hydroxylation is 1. The molecule has 5 nitrogen and oxygen atoms in total. The smallest absolute Gasteiger partial charge is 0.338 e. The molecule has 0 heterocycles. The standard InChI is InChI=1S/C16H24N2O3/c1-3-4-5-6-9-18-15(19)11-21-16(20)13-8-7-12(2)14(17)10-13/h7-8,10H,3-6,9,11,17H2,1-2H3,(H,18,19). The summed E-state index contributed by atoms with van der Waals surface area (Å²) in [5.41, 5.74) is 7.52. The SMILES string of the molecule is CCCCCCNC(=O)COC(=O)c1ccc(C)c(N)c1. The highest BCUT2D eigenvalue weighted by molar-refractivity contribution is 5.92. The summed E-state index contributed by atoms with van der Waals surface area (Å²) in [6, 6.07) is 4.94. The Labute approximate surface area is 125 Å². The fourth-order valence-electron chi connectivity index (χ4n) is 1.81. The Hall–Kier alpha value is -2.04. The van der Waals surface area contributed by atoms with E-state index in [1.165, 1.54) is 6.42 Å². The van der Waals surface area contributed by atoms with Gasteiger partial charge in [0.25, 0.3) is 5.91 Å². The van der Waals surface area contributed by atoms with E-state index in [9.17, 15) is 9.59 Å². The van der Waals surface area contributed by atoms with Crippen molar-refractivity contribution in [3.05, 3.63) is 29.3 Å². The van der Waals surface area contributed by atoms with Gasteiger partial charge in [-0.2, -0.15) is 0 Å². The molecule has 1 amide bonds. The van der Waals surface area contributed by atoms with Crippen LogP contribution in [0.4, 0.5) is 5.69 Å². The van der Waals surface area contributed by atoms with Crippen LogP contribution in [-0.2, 0) is 9.53 Å². The zero-order valence-electron chi connectivity index (χ0n) is 12.8. The lowest BCUT2D eigenvalue weighted by Crippen LogP contribution is -2.29. The fraction of sp³-hybridized carbons (Fsp3) is 0.500. The molecule has 0 aliphatic rings. The van der Waals surface area contributed by atoms with E-state index in [0.29, 0.717) is 17.8 Å². The van der Waals surface area contributed by atoms with Gasteiger partial charge in [-0.15, -0.1) is 0 Å². The molecule has 0 bridgehead atoms. The van der Waals surface area contributed by atoms with Crippen LogP contribution in [0, 0.1) is 6.92 Å². The van der Waals surface area contributed by atoms with Gasteiger partial charge in [0.15, 0.2) is 6.61 Å². The summed E-state index contributed by atoms with van der Waals surface area (Å²) in [5.74, 6) is -0.817. The molecule has 1 aromatic carbocycles. The van der Waals surface area contributed by atoms with Gasteiger partial charge in [0, 0.05) is 12.2 Å². The van der Waals surface area contributed by atoms with Gasteiger partial charge in [-0.05, 0) is 31.0 Å². The number of anilines is 1. The third-order valence-corrected chi connectivity index (χ3v) is 3.20. The van der Waals surface area contributed by atoms with Crippen molar-refractivity contribution in [1.82, 2.24) is 5.32 Å². The van der Waals surface area contributed by atoms with Crippen LogP contribution in [0.15, 0.2) is 18.2 Å². The largest absolute Gasteiger partial charge is 0.452 e. The van der Waals surface area contributed by atoms with E-state index < -0.39 is 5.97 Å². The molecule has 0 radical (unpaired) electrons. The molecule has 0 saturated heterocycles. The summed E-state index contributed by atoms with van der Waals surface area (Å²) in [4.78, 5) is 23.3. The summed E-state index contributed by atoms with van der Waals surface area (Å²) in [5, 5.41) is 2.73. The van der Waals surface area contributed by atoms with Crippen LogP contribution in [0.3, 0.4) is 0 Å². The minimum Gasteiger partial charge on any atom is -0.452 e. The first-order valence-corrected chi connectivity index (χ1v) is 7.34. The quantitative estimate of drug-likeness (QED) is 0.438. The number of unbranched alkanes of at least 4 members (excludes halogenated alkanes) is 3. The number of hydrogen-bond acceptors (Lipinski definition) is 4. The number of ether oxygens (including phenoxy) is 1. The molecule has 0 aliphatic carbocycles. The normalized spacial score (nSPS) is 10.2. The molecule has 0 fully saturated rings. The van der Waals surface area contributed by atoms with Crippen molar-refractivity contribution < 1.29 is 14.3 Å². The van der Waals surface area contributed by atoms with Gasteiger partial charge in [-0.1, -0.05) is 32.3 Å². The van der Waals surface area contributed by atoms with Gasteiger partial charge in [-0.3, -0.25) is 4.79 Å². The second kappa shape index (κ2) is 9.00. The van der Waals surface area contributed by atoms with Crippen LogP contribution in [0.1, 0.15) is 48.5 Å². The van der Waals surface area contributed by atoms with E-state index in [2.05, 4.69) is 12.2 Å². The van der Waals surface area contributed by atoms with Gasteiger partial charge in [-0.25, -0.2) is 4.79 Å². The summed E-state index contributed by atoms with van der Waals surface area (Å²) in [6.45, 7) is 4.35. The van der Waals surface area contributed by atoms with Gasteiger partial charge < -0.3 is 15.8 Å². The molecule has 3 N–H and O–H groups in total. The lowest BCUT2D eigenvalue weighted by molar-refractivity contribution is -0.124. The number of carbonyl (C=O) groups excluding carboxylic acids is 2. The van der Waals surface area contributed by atoms with Crippen molar-refractivity contribution >= 4 is 17.6 Å². The molecule has 0 saturated carbocycles. The molecule has 1 rings (SSSR count). The molecule has 1 aromatic rings. The number of hydrogen-bond donors (Lipinski definition) is 2. The summed E-state index contributed by atoms with van der Waals surface area (Å²) < 4.78 is 4.96. The molecule has 0 spiro atoms. The van der Waals surface area contributed by atoms with E-state index in [0.717, 1.165) is 24.8 Å². The predicted molar refractivity (Wildman–Crippen MR) is 83.0 cm³/mol. The van der Waals surface area contributed by atoms with Gasteiger partial charge in [0.2, 0.25) is 0 Å². The zero-order valence-corrected chi connectivity index (χ0v) is 12.8. The minimum absolute atomic E-state index is 0.263. The monoisotopic (exact) mass is 292 g/mol. The Morgan fingerprint density at radius 1 is 1.24 bits per heavy atom. The second-order valence-electron chi connectivity index (χ2n) is 5.06. The number of rotatable bonds is 8. The number of carbonyl (C=O) groups is 2. The molecular weight excluding hydrogens is 268 g/mol. The molecule has 0 aromatic heterocycles. The number of esters is 1. The molecule has 5 heteroatoms. The van der Waals surface area contributed by atoms with Gasteiger partial charge >= 0.3 is 5.97 Å². The van der Waals surface area contributed by atoms with Crippen molar-refractivity contribution in [2.45, 2.75) is 39.5 Å². The summed E-state index contributed by atoms with van der Waals surface area (Å²) in [6.07, 6.45) is 4.37. The third-order valence-electron chi connectivity index (χ3n) is 3.20. The van der Waals surface area contributed by atoms with Crippen LogP contribution in [0.5, 0.6) is 0 Å². The first-order chi connectivity index (χ1) is 10.0. The maximum Gasteiger partial charge on any atom is 0.338 e. The van der Waals surface area contributed by atoms with Gasteiger partial charge in [0.05, 0.1) is 5.56 Å². The second-order valence-corrected chi connectivity index (χ2v) is 5.06. The number of nitrogen functional groups attached to an aromatic ring is 1. The average Bonchev–Trinajstić information content (AvgIpc) is 2.47. The van der Waals surface area contributed by atoms with Crippen LogP contribution in [0.25, 0.3) is 0 Å². The minimum atomic E-state index is -0.539. The lowest BCUT2D eigenvalue weighted by Gasteiger charge is -2.07. The topological polar surface area (TPSA) is 81.4 Å². The average molecular weight is 292 g/mol. The van der Waals surface area contributed by atoms with Crippen LogP contribution in [-0.4, -0.2) is 25.0 Å². The van der Waals surface area contributed by atoms with Crippen molar-refractivity contribution in [3.63, 3.8) is 0 Å².